The molecule has 1 saturated heterocycles. The van der Waals surface area contributed by atoms with Crippen LogP contribution < -0.4 is 50.3 Å². The quantitative estimate of drug-likeness (QED) is 0.106. The summed E-state index contributed by atoms with van der Waals surface area (Å²) >= 11 is 1.12. The van der Waals surface area contributed by atoms with Crippen molar-refractivity contribution >= 4 is 46.0 Å². The van der Waals surface area contributed by atoms with Gasteiger partial charge in [-0.05, 0) is 11.6 Å². The van der Waals surface area contributed by atoms with Crippen LogP contribution in [0.3, 0.4) is 0 Å². The summed E-state index contributed by atoms with van der Waals surface area (Å²) in [4.78, 5) is 46.2. The number of nitrogens with two attached hydrogens (primary N) is 1. The number of rotatable bonds is 7. The fourth-order valence-corrected chi connectivity index (χ4v) is 3.23. The summed E-state index contributed by atoms with van der Waals surface area (Å²) in [5, 5.41) is 19.4. The summed E-state index contributed by atoms with van der Waals surface area (Å²) < 4.78 is 1.78. The van der Waals surface area contributed by atoms with Gasteiger partial charge in [0.2, 0.25) is 0 Å². The van der Waals surface area contributed by atoms with E-state index in [1.807, 2.05) is 7.05 Å². The number of carbonyl (C=O) groups excluding carboxylic acids is 3. The number of hydrogen-bond acceptors (Lipinski definition) is 9. The van der Waals surface area contributed by atoms with E-state index in [-0.39, 0.29) is 58.3 Å². The fraction of sp³-hybridized carbons (Fsp3) is 0.222. The number of likely N-dealkylation sites (tertiary alicyclic amines) is 1. The van der Waals surface area contributed by atoms with Crippen LogP contribution in [0.1, 0.15) is 11.3 Å². The van der Waals surface area contributed by atoms with Crippen molar-refractivity contribution in [2.45, 2.75) is 6.04 Å². The van der Waals surface area contributed by atoms with Gasteiger partial charge in [-0.15, -0.1) is 11.3 Å². The molecule has 0 aliphatic carbocycles. The van der Waals surface area contributed by atoms with Crippen LogP contribution in [0.25, 0.3) is 6.08 Å². The van der Waals surface area contributed by atoms with E-state index in [0.29, 0.717) is 5.56 Å². The number of thiazole rings is 1. The summed E-state index contributed by atoms with van der Waals surface area (Å²) in [6, 6.07) is 2.46. The molecule has 0 saturated carbocycles. The SMILES string of the molecule is CO/N=C(/C(=O)NC1CN(/C(=C\c2cc[n+](C)cc2)C(=O)[O-])C1=O)c1csc(N)n1.[Na+]. The summed E-state index contributed by atoms with van der Waals surface area (Å²) in [6.07, 6.45) is 4.81. The largest absolute Gasteiger partial charge is 1.00 e. The van der Waals surface area contributed by atoms with Gasteiger partial charge in [0, 0.05) is 17.5 Å². The van der Waals surface area contributed by atoms with Crippen molar-refractivity contribution in [2.24, 2.45) is 12.2 Å². The minimum Gasteiger partial charge on any atom is -0.543 e. The summed E-state index contributed by atoms with van der Waals surface area (Å²) in [7, 11) is 3.08. The molecule has 0 aromatic carbocycles. The number of carbonyl (C=O) groups is 3. The maximum atomic E-state index is 12.5. The van der Waals surface area contributed by atoms with Gasteiger partial charge >= 0.3 is 29.6 Å². The monoisotopic (exact) mass is 453 g/mol. The van der Waals surface area contributed by atoms with Gasteiger partial charge in [-0.1, -0.05) is 5.16 Å². The molecule has 0 bridgehead atoms. The predicted molar refractivity (Wildman–Crippen MR) is 104 cm³/mol. The molecular weight excluding hydrogens is 435 g/mol. The summed E-state index contributed by atoms with van der Waals surface area (Å²) in [5.74, 6) is -2.79. The van der Waals surface area contributed by atoms with E-state index in [4.69, 9.17) is 5.73 Å². The van der Waals surface area contributed by atoms with E-state index in [9.17, 15) is 19.5 Å². The third-order valence-electron chi connectivity index (χ3n) is 4.20. The number of nitrogen functional groups attached to an aromatic ring is 1. The third kappa shape index (κ3) is 5.67. The van der Waals surface area contributed by atoms with Gasteiger partial charge in [-0.3, -0.25) is 9.59 Å². The van der Waals surface area contributed by atoms with Crippen molar-refractivity contribution in [3.8, 4) is 0 Å². The van der Waals surface area contributed by atoms with Gasteiger partial charge in [0.05, 0.1) is 18.2 Å². The Morgan fingerprint density at radius 2 is 2.13 bits per heavy atom. The first kappa shape index (κ1) is 24.5. The Kier molecular flexibility index (Phi) is 8.28. The predicted octanol–water partition coefficient (Wildman–Crippen LogP) is -4.98. The standard InChI is InChI=1S/C18H18N6O5S.Na/c1-23-5-3-10(4-6-23)7-13(17(27)28)24-8-11(16(24)26)20-15(25)14(22-29-2)12-9-30-18(19)21-12;/h3-7,9,11H,8H2,1-2H3,(H3-,19,20,21,25,27,28);/q;+1/b22-14+;. The van der Waals surface area contributed by atoms with Crippen molar-refractivity contribution in [3.05, 3.63) is 46.9 Å². The number of anilines is 1. The maximum absolute atomic E-state index is 12.5. The number of pyridine rings is 1. The van der Waals surface area contributed by atoms with E-state index in [1.165, 1.54) is 18.6 Å². The van der Waals surface area contributed by atoms with Gasteiger partial charge in [-0.2, -0.15) is 0 Å². The normalized spacial score (nSPS) is 16.3. The van der Waals surface area contributed by atoms with Gasteiger partial charge in [-0.25, -0.2) is 9.55 Å². The van der Waals surface area contributed by atoms with E-state index in [1.54, 1.807) is 29.1 Å². The minimum atomic E-state index is -1.50. The topological polar surface area (TPSA) is 154 Å². The zero-order chi connectivity index (χ0) is 21.8. The van der Waals surface area contributed by atoms with Crippen molar-refractivity contribution in [1.29, 1.82) is 0 Å². The Bertz CT molecular complexity index is 1050. The number of carboxylic acid groups (broad SMARTS) is 1. The number of nitrogens with zero attached hydrogens (tertiary/aromatic N) is 4. The Balaban J connectivity index is 0.00000341. The molecule has 31 heavy (non-hydrogen) atoms. The molecule has 1 atom stereocenters. The Morgan fingerprint density at radius 3 is 2.65 bits per heavy atom. The average molecular weight is 453 g/mol. The molecule has 11 nitrogen and oxygen atoms in total. The molecule has 1 unspecified atom stereocenters. The Morgan fingerprint density at radius 1 is 1.45 bits per heavy atom. The molecule has 0 radical (unpaired) electrons. The summed E-state index contributed by atoms with van der Waals surface area (Å²) in [6.45, 7) is -0.0372. The second-order valence-electron chi connectivity index (χ2n) is 6.28. The first-order valence-corrected chi connectivity index (χ1v) is 9.51. The zero-order valence-corrected chi connectivity index (χ0v) is 19.9. The van der Waals surface area contributed by atoms with Crippen LogP contribution in [0.4, 0.5) is 5.13 Å². The molecule has 3 N–H and O–H groups in total. The van der Waals surface area contributed by atoms with Gasteiger partial charge in [0.25, 0.3) is 11.8 Å². The van der Waals surface area contributed by atoms with E-state index in [2.05, 4.69) is 20.3 Å². The number of β-lactam (4-membered cyclic amide) rings is 1. The fourth-order valence-electron chi connectivity index (χ4n) is 2.68. The number of hydrogen-bond donors (Lipinski definition) is 2. The molecule has 3 heterocycles. The summed E-state index contributed by atoms with van der Waals surface area (Å²) in [5.41, 5.74) is 5.92. The molecule has 0 spiro atoms. The van der Waals surface area contributed by atoms with Crippen molar-refractivity contribution in [1.82, 2.24) is 15.2 Å². The number of aliphatic carboxylic acids is 1. The maximum Gasteiger partial charge on any atom is 1.00 e. The number of aromatic nitrogens is 2. The molecule has 156 valence electrons. The van der Waals surface area contributed by atoms with Gasteiger partial charge in [0.15, 0.2) is 23.2 Å². The van der Waals surface area contributed by atoms with Gasteiger partial charge < -0.3 is 30.7 Å². The molecule has 1 fully saturated rings. The number of oxime groups is 1. The van der Waals surface area contributed by atoms with Gasteiger partial charge in [0.1, 0.15) is 25.9 Å². The second-order valence-corrected chi connectivity index (χ2v) is 7.17. The zero-order valence-electron chi connectivity index (χ0n) is 17.1. The second kappa shape index (κ2) is 10.5. The van der Waals surface area contributed by atoms with Crippen LogP contribution in [-0.2, 0) is 26.3 Å². The average Bonchev–Trinajstić information content (AvgIpc) is 3.14. The number of carboxylic acids is 1. The third-order valence-corrected chi connectivity index (χ3v) is 4.88. The van der Waals surface area contributed by atoms with Crippen LogP contribution in [0, 0.1) is 0 Å². The first-order valence-electron chi connectivity index (χ1n) is 8.63. The Hall–Kier alpha value is -2.80. The first-order chi connectivity index (χ1) is 14.3. The van der Waals surface area contributed by atoms with Crippen LogP contribution >= 0.6 is 11.3 Å². The molecule has 2 amide bonds. The molecule has 3 rings (SSSR count). The van der Waals surface area contributed by atoms with E-state index in [0.717, 1.165) is 16.2 Å². The van der Waals surface area contributed by atoms with Crippen molar-refractivity contribution in [2.75, 3.05) is 19.4 Å². The molecule has 2 aromatic heterocycles. The smallest absolute Gasteiger partial charge is 0.543 e. The number of nitrogens with one attached hydrogen (secondary N) is 1. The molecule has 2 aromatic rings. The van der Waals surface area contributed by atoms with Crippen LogP contribution in [0.2, 0.25) is 0 Å². The Labute approximate surface area is 203 Å². The number of amides is 2. The number of aryl methyl sites for hydroxylation is 1. The molecule has 1 aliphatic rings. The van der Waals surface area contributed by atoms with E-state index >= 15 is 0 Å². The molecule has 13 heteroatoms. The molecule has 1 aliphatic heterocycles. The van der Waals surface area contributed by atoms with Crippen molar-refractivity contribution in [3.63, 3.8) is 0 Å². The van der Waals surface area contributed by atoms with Crippen LogP contribution in [0.5, 0.6) is 0 Å². The molecular formula is C18H18N6NaO5S+. The van der Waals surface area contributed by atoms with Crippen LogP contribution in [0.15, 0.2) is 40.8 Å². The minimum absolute atomic E-state index is 0. The van der Waals surface area contributed by atoms with Crippen molar-refractivity contribution < 1.29 is 58.5 Å². The van der Waals surface area contributed by atoms with E-state index < -0.39 is 23.8 Å². The van der Waals surface area contributed by atoms with Crippen LogP contribution in [-0.4, -0.2) is 53.1 Å².